The van der Waals surface area contributed by atoms with E-state index in [1.807, 2.05) is 0 Å². The Morgan fingerprint density at radius 2 is 1.86 bits per heavy atom. The van der Waals surface area contributed by atoms with Gasteiger partial charge in [-0.05, 0) is 19.3 Å². The Kier molecular flexibility index (Phi) is 13.8. The van der Waals surface area contributed by atoms with E-state index in [4.69, 9.17) is 19.7 Å². The van der Waals surface area contributed by atoms with Gasteiger partial charge in [0.1, 0.15) is 12.7 Å². The Bertz CT molecular complexity index is 246. The lowest BCUT2D eigenvalue weighted by Crippen LogP contribution is -2.24. The monoisotopic (exact) mass is 306 g/mol. The first-order valence-electron chi connectivity index (χ1n) is 7.81. The first kappa shape index (κ1) is 20.3. The molecule has 0 aliphatic carbocycles. The smallest absolute Gasteiger partial charge is 0.305 e. The molecular weight excluding hydrogens is 276 g/mol. The molecule has 2 atom stereocenters. The number of aliphatic hydroxyl groups is 3. The minimum Gasteiger partial charge on any atom is -0.463 e. The van der Waals surface area contributed by atoms with E-state index in [1.165, 1.54) is 0 Å². The second kappa shape index (κ2) is 14.3. The van der Waals surface area contributed by atoms with Crippen molar-refractivity contribution < 1.29 is 29.6 Å². The quantitative estimate of drug-likeness (QED) is 0.327. The van der Waals surface area contributed by atoms with Gasteiger partial charge in [-0.15, -0.1) is 0 Å². The molecule has 0 radical (unpaired) electrons. The van der Waals surface area contributed by atoms with Gasteiger partial charge in [0.05, 0.1) is 25.9 Å². The third-order valence-corrected chi connectivity index (χ3v) is 3.13. The average molecular weight is 306 g/mol. The molecule has 0 saturated heterocycles. The molecule has 0 aliphatic heterocycles. The zero-order chi connectivity index (χ0) is 15.9. The van der Waals surface area contributed by atoms with Crippen LogP contribution in [0.25, 0.3) is 0 Å². The van der Waals surface area contributed by atoms with Gasteiger partial charge in [0.25, 0.3) is 0 Å². The van der Waals surface area contributed by atoms with Gasteiger partial charge in [-0.2, -0.15) is 0 Å². The van der Waals surface area contributed by atoms with Crippen LogP contribution in [-0.2, 0) is 14.3 Å². The molecule has 0 bridgehead atoms. The van der Waals surface area contributed by atoms with Crippen LogP contribution in [0.15, 0.2) is 0 Å². The molecule has 0 aromatic heterocycles. The summed E-state index contributed by atoms with van der Waals surface area (Å²) in [5.74, 6) is -0.286. The number of unbranched alkanes of at least 4 members (excludes halogenated alkanes) is 2. The standard InChI is InChI=1S/C15H30O6/c1-2-3-6-14(21-12-13(18)11-17)7-4-5-8-15(19)20-10-9-16/h13-14,16-18H,2-12H2,1H3. The Balaban J connectivity index is 3.81. The number of esters is 1. The summed E-state index contributed by atoms with van der Waals surface area (Å²) in [6, 6.07) is 0. The number of hydrogen-bond donors (Lipinski definition) is 3. The molecule has 0 aliphatic rings. The van der Waals surface area contributed by atoms with Crippen molar-refractivity contribution in [3.05, 3.63) is 0 Å². The SMILES string of the molecule is CCCCC(CCCCC(=O)OCCO)OCC(O)CO. The fourth-order valence-electron chi connectivity index (χ4n) is 1.92. The van der Waals surface area contributed by atoms with Crippen molar-refractivity contribution >= 4 is 5.97 Å². The second-order valence-electron chi connectivity index (χ2n) is 5.12. The van der Waals surface area contributed by atoms with Crippen LogP contribution < -0.4 is 0 Å². The maximum absolute atomic E-state index is 11.2. The lowest BCUT2D eigenvalue weighted by Gasteiger charge is -2.19. The van der Waals surface area contributed by atoms with E-state index >= 15 is 0 Å². The lowest BCUT2D eigenvalue weighted by atomic mass is 10.1. The van der Waals surface area contributed by atoms with Crippen molar-refractivity contribution in [3.8, 4) is 0 Å². The molecule has 0 amide bonds. The molecular formula is C15H30O6. The van der Waals surface area contributed by atoms with Crippen molar-refractivity contribution in [2.75, 3.05) is 26.4 Å². The van der Waals surface area contributed by atoms with Gasteiger partial charge in [-0.25, -0.2) is 0 Å². The van der Waals surface area contributed by atoms with Crippen molar-refractivity contribution in [2.24, 2.45) is 0 Å². The van der Waals surface area contributed by atoms with Crippen LogP contribution in [0.4, 0.5) is 0 Å². The molecule has 0 fully saturated rings. The van der Waals surface area contributed by atoms with Crippen LogP contribution in [0.2, 0.25) is 0 Å². The van der Waals surface area contributed by atoms with E-state index in [9.17, 15) is 9.90 Å². The van der Waals surface area contributed by atoms with Gasteiger partial charge in [-0.1, -0.05) is 26.2 Å². The maximum Gasteiger partial charge on any atom is 0.305 e. The molecule has 0 aromatic rings. The van der Waals surface area contributed by atoms with Gasteiger partial charge >= 0.3 is 5.97 Å². The Morgan fingerprint density at radius 1 is 1.14 bits per heavy atom. The number of rotatable bonds is 14. The van der Waals surface area contributed by atoms with Gasteiger partial charge in [0.15, 0.2) is 0 Å². The summed E-state index contributed by atoms with van der Waals surface area (Å²) < 4.78 is 10.4. The van der Waals surface area contributed by atoms with Crippen LogP contribution in [0.3, 0.4) is 0 Å². The third kappa shape index (κ3) is 12.7. The molecule has 0 spiro atoms. The van der Waals surface area contributed by atoms with Crippen molar-refractivity contribution in [1.82, 2.24) is 0 Å². The Labute approximate surface area is 127 Å². The van der Waals surface area contributed by atoms with Crippen molar-refractivity contribution in [2.45, 2.75) is 64.1 Å². The Morgan fingerprint density at radius 3 is 2.48 bits per heavy atom. The van der Waals surface area contributed by atoms with Crippen LogP contribution in [0.5, 0.6) is 0 Å². The highest BCUT2D eigenvalue weighted by molar-refractivity contribution is 5.69. The van der Waals surface area contributed by atoms with Crippen LogP contribution in [0.1, 0.15) is 51.9 Å². The first-order chi connectivity index (χ1) is 10.1. The van der Waals surface area contributed by atoms with Crippen molar-refractivity contribution in [1.29, 1.82) is 0 Å². The summed E-state index contributed by atoms with van der Waals surface area (Å²) >= 11 is 0. The molecule has 6 heteroatoms. The van der Waals surface area contributed by atoms with E-state index in [2.05, 4.69) is 6.92 Å². The molecule has 21 heavy (non-hydrogen) atoms. The van der Waals surface area contributed by atoms with Crippen LogP contribution >= 0.6 is 0 Å². The fraction of sp³-hybridized carbons (Fsp3) is 0.933. The van der Waals surface area contributed by atoms with Crippen molar-refractivity contribution in [3.63, 3.8) is 0 Å². The predicted molar refractivity (Wildman–Crippen MR) is 78.9 cm³/mol. The van der Waals surface area contributed by atoms with Gasteiger partial charge in [0, 0.05) is 6.42 Å². The van der Waals surface area contributed by atoms with Gasteiger partial charge in [-0.3, -0.25) is 4.79 Å². The number of carbonyl (C=O) groups is 1. The van der Waals surface area contributed by atoms with Crippen LogP contribution in [0, 0.1) is 0 Å². The Hall–Kier alpha value is -0.690. The van der Waals surface area contributed by atoms with Crippen LogP contribution in [-0.4, -0.2) is 59.9 Å². The topological polar surface area (TPSA) is 96.2 Å². The summed E-state index contributed by atoms with van der Waals surface area (Å²) in [6.45, 7) is 1.86. The summed E-state index contributed by atoms with van der Waals surface area (Å²) in [7, 11) is 0. The summed E-state index contributed by atoms with van der Waals surface area (Å²) in [5, 5.41) is 26.6. The molecule has 0 rings (SSSR count). The fourth-order valence-corrected chi connectivity index (χ4v) is 1.92. The largest absolute Gasteiger partial charge is 0.463 e. The predicted octanol–water partition coefficient (Wildman–Crippen LogP) is 1.01. The highest BCUT2D eigenvalue weighted by atomic mass is 16.5. The molecule has 3 N–H and O–H groups in total. The maximum atomic E-state index is 11.2. The van der Waals surface area contributed by atoms with Gasteiger partial charge < -0.3 is 24.8 Å². The van der Waals surface area contributed by atoms with E-state index in [-0.39, 0.29) is 38.5 Å². The molecule has 0 saturated carbocycles. The summed E-state index contributed by atoms with van der Waals surface area (Å²) in [5.41, 5.74) is 0. The van der Waals surface area contributed by atoms with E-state index in [0.29, 0.717) is 6.42 Å². The molecule has 126 valence electrons. The second-order valence-corrected chi connectivity index (χ2v) is 5.12. The van der Waals surface area contributed by atoms with E-state index in [1.54, 1.807) is 0 Å². The number of hydrogen-bond acceptors (Lipinski definition) is 6. The molecule has 0 aromatic carbocycles. The minimum absolute atomic E-state index is 0.0552. The van der Waals surface area contributed by atoms with E-state index in [0.717, 1.165) is 38.5 Å². The highest BCUT2D eigenvalue weighted by Gasteiger charge is 2.12. The summed E-state index contributed by atoms with van der Waals surface area (Å²) in [4.78, 5) is 11.2. The number of aliphatic hydroxyl groups excluding tert-OH is 3. The molecule has 6 nitrogen and oxygen atoms in total. The lowest BCUT2D eigenvalue weighted by molar-refractivity contribution is -0.144. The summed E-state index contributed by atoms with van der Waals surface area (Å²) in [6.07, 6.45) is 5.02. The number of carbonyl (C=O) groups excluding carboxylic acids is 1. The first-order valence-corrected chi connectivity index (χ1v) is 7.81. The number of ether oxygens (including phenoxy) is 2. The zero-order valence-electron chi connectivity index (χ0n) is 13.0. The van der Waals surface area contributed by atoms with E-state index < -0.39 is 6.10 Å². The molecule has 0 heterocycles. The average Bonchev–Trinajstić information content (AvgIpc) is 2.50. The highest BCUT2D eigenvalue weighted by Crippen LogP contribution is 2.14. The van der Waals surface area contributed by atoms with Gasteiger partial charge in [0.2, 0.25) is 0 Å². The minimum atomic E-state index is -0.831. The normalized spacial score (nSPS) is 13.9. The third-order valence-electron chi connectivity index (χ3n) is 3.13. The zero-order valence-corrected chi connectivity index (χ0v) is 13.0. The molecule has 2 unspecified atom stereocenters.